The Morgan fingerprint density at radius 3 is 2.48 bits per heavy atom. The number of benzene rings is 2. The zero-order chi connectivity index (χ0) is 15.5. The van der Waals surface area contributed by atoms with Gasteiger partial charge in [-0.2, -0.15) is 0 Å². The van der Waals surface area contributed by atoms with Crippen molar-refractivity contribution >= 4 is 45.3 Å². The first kappa shape index (κ1) is 16.2. The van der Waals surface area contributed by atoms with Crippen LogP contribution >= 0.6 is 28.6 Å². The molecule has 7 heteroatoms. The van der Waals surface area contributed by atoms with Gasteiger partial charge in [-0.3, -0.25) is 4.79 Å². The van der Waals surface area contributed by atoms with Gasteiger partial charge in [0.1, 0.15) is 5.75 Å². The Balaban J connectivity index is 2.19. The molecule has 4 nitrogen and oxygen atoms in total. The summed E-state index contributed by atoms with van der Waals surface area (Å²) in [5.74, 6) is 0.108. The lowest BCUT2D eigenvalue weighted by atomic mass is 10.0. The Kier molecular flexibility index (Phi) is 5.15. The quantitative estimate of drug-likeness (QED) is 0.570. The Morgan fingerprint density at radius 2 is 1.81 bits per heavy atom. The van der Waals surface area contributed by atoms with E-state index in [0.29, 0.717) is 18.6 Å². The smallest absolute Gasteiger partial charge is 0.428 e. The SMILES string of the molecule is COC(=O)CCc1ccc2cc(OP(=O)(Cl)Cl)ccc2c1. The molecule has 0 heterocycles. The summed E-state index contributed by atoms with van der Waals surface area (Å²) in [5.41, 5.74) is 1.03. The van der Waals surface area contributed by atoms with E-state index < -0.39 is 6.07 Å². The number of halogens is 2. The minimum Gasteiger partial charge on any atom is -0.469 e. The van der Waals surface area contributed by atoms with Crippen LogP contribution in [0.1, 0.15) is 12.0 Å². The number of fused-ring (bicyclic) bond motifs is 1. The van der Waals surface area contributed by atoms with E-state index in [1.54, 1.807) is 12.1 Å². The summed E-state index contributed by atoms with van der Waals surface area (Å²) in [7, 11) is 1.37. The molecule has 2 aromatic carbocycles. The molecule has 0 atom stereocenters. The zero-order valence-corrected chi connectivity index (χ0v) is 13.6. The number of carbonyl (C=O) groups excluding carboxylic acids is 1. The minimum atomic E-state index is -3.61. The van der Waals surface area contributed by atoms with E-state index in [9.17, 15) is 9.36 Å². The zero-order valence-electron chi connectivity index (χ0n) is 11.2. The summed E-state index contributed by atoms with van der Waals surface area (Å²) in [6.07, 6.45) is -2.66. The molecule has 0 aliphatic heterocycles. The molecule has 0 fully saturated rings. The van der Waals surface area contributed by atoms with Gasteiger partial charge in [-0.15, -0.1) is 0 Å². The van der Waals surface area contributed by atoms with Crippen molar-refractivity contribution in [2.45, 2.75) is 12.8 Å². The molecule has 112 valence electrons. The molecule has 0 saturated carbocycles. The molecule has 2 aromatic rings. The van der Waals surface area contributed by atoms with Crippen molar-refractivity contribution in [3.63, 3.8) is 0 Å². The predicted octanol–water partition coefficient (Wildman–Crippen LogP) is 4.91. The van der Waals surface area contributed by atoms with Crippen molar-refractivity contribution in [1.29, 1.82) is 0 Å². The molecule has 0 unspecified atom stereocenters. The number of rotatable bonds is 5. The Hall–Kier alpha value is -1.22. The highest BCUT2D eigenvalue weighted by Crippen LogP contribution is 2.57. The number of methoxy groups -OCH3 is 1. The summed E-state index contributed by atoms with van der Waals surface area (Å²) in [4.78, 5) is 11.1. The van der Waals surface area contributed by atoms with Gasteiger partial charge in [0.2, 0.25) is 0 Å². The molecule has 0 aliphatic rings. The first-order chi connectivity index (χ1) is 9.87. The van der Waals surface area contributed by atoms with Crippen LogP contribution in [0.2, 0.25) is 0 Å². The Morgan fingerprint density at radius 1 is 1.14 bits per heavy atom. The maximum absolute atomic E-state index is 11.2. The maximum Gasteiger partial charge on any atom is 0.428 e. The average molecular weight is 347 g/mol. The molecule has 0 spiro atoms. The van der Waals surface area contributed by atoms with Gasteiger partial charge >= 0.3 is 12.0 Å². The maximum atomic E-state index is 11.2. The topological polar surface area (TPSA) is 52.6 Å². The molecular formula is C14H13Cl2O4P. The minimum absolute atomic E-state index is 0.237. The number of ether oxygens (including phenoxy) is 1. The summed E-state index contributed by atoms with van der Waals surface area (Å²) in [6, 6.07) is 10.9. The Bertz CT molecular complexity index is 711. The van der Waals surface area contributed by atoms with Crippen molar-refractivity contribution in [3.8, 4) is 5.75 Å². The lowest BCUT2D eigenvalue weighted by molar-refractivity contribution is -0.140. The van der Waals surface area contributed by atoms with E-state index in [1.807, 2.05) is 24.3 Å². The predicted molar refractivity (Wildman–Crippen MR) is 84.2 cm³/mol. The van der Waals surface area contributed by atoms with E-state index in [0.717, 1.165) is 16.3 Å². The molecule has 0 saturated heterocycles. The molecule has 2 rings (SSSR count). The van der Waals surface area contributed by atoms with Crippen LogP contribution in [0.4, 0.5) is 0 Å². The third-order valence-corrected chi connectivity index (χ3v) is 3.77. The van der Waals surface area contributed by atoms with Gasteiger partial charge in [0.15, 0.2) is 0 Å². The highest BCUT2D eigenvalue weighted by molar-refractivity contribution is 8.05. The van der Waals surface area contributed by atoms with Gasteiger partial charge in [0, 0.05) is 28.9 Å². The highest BCUT2D eigenvalue weighted by atomic mass is 35.9. The highest BCUT2D eigenvalue weighted by Gasteiger charge is 2.16. The average Bonchev–Trinajstić information content (AvgIpc) is 2.42. The van der Waals surface area contributed by atoms with Crippen LogP contribution in [0.3, 0.4) is 0 Å². The fourth-order valence-corrected chi connectivity index (χ4v) is 2.79. The molecule has 0 bridgehead atoms. The van der Waals surface area contributed by atoms with Crippen molar-refractivity contribution in [1.82, 2.24) is 0 Å². The van der Waals surface area contributed by atoms with Crippen LogP contribution in [-0.4, -0.2) is 13.1 Å². The van der Waals surface area contributed by atoms with E-state index in [4.69, 9.17) is 27.0 Å². The largest absolute Gasteiger partial charge is 0.469 e. The van der Waals surface area contributed by atoms with E-state index in [-0.39, 0.29) is 5.97 Å². The molecule has 21 heavy (non-hydrogen) atoms. The van der Waals surface area contributed by atoms with Gasteiger partial charge < -0.3 is 9.26 Å². The summed E-state index contributed by atoms with van der Waals surface area (Å²) in [6.45, 7) is 0. The molecular weight excluding hydrogens is 334 g/mol. The van der Waals surface area contributed by atoms with Crippen LogP contribution in [0.5, 0.6) is 5.75 Å². The van der Waals surface area contributed by atoms with E-state index >= 15 is 0 Å². The van der Waals surface area contributed by atoms with Crippen LogP contribution < -0.4 is 4.52 Å². The van der Waals surface area contributed by atoms with Gasteiger partial charge in [-0.05, 0) is 34.9 Å². The van der Waals surface area contributed by atoms with Crippen molar-refractivity contribution in [2.75, 3.05) is 7.11 Å². The summed E-state index contributed by atoms with van der Waals surface area (Å²) in [5, 5.41) is 1.87. The lowest BCUT2D eigenvalue weighted by Crippen LogP contribution is -2.01. The van der Waals surface area contributed by atoms with Crippen molar-refractivity contribution < 1.29 is 18.6 Å². The van der Waals surface area contributed by atoms with Gasteiger partial charge in [0.25, 0.3) is 0 Å². The third-order valence-electron chi connectivity index (χ3n) is 2.93. The summed E-state index contributed by atoms with van der Waals surface area (Å²) < 4.78 is 20.8. The monoisotopic (exact) mass is 346 g/mol. The fourth-order valence-electron chi connectivity index (χ4n) is 1.96. The molecule has 0 radical (unpaired) electrons. The van der Waals surface area contributed by atoms with Gasteiger partial charge in [-0.1, -0.05) is 24.3 Å². The van der Waals surface area contributed by atoms with Crippen LogP contribution in [0.25, 0.3) is 10.8 Å². The number of hydrogen-bond acceptors (Lipinski definition) is 4. The second-order valence-corrected chi connectivity index (χ2v) is 8.63. The lowest BCUT2D eigenvalue weighted by Gasteiger charge is -2.08. The van der Waals surface area contributed by atoms with Crippen LogP contribution in [0.15, 0.2) is 36.4 Å². The van der Waals surface area contributed by atoms with E-state index in [2.05, 4.69) is 4.74 Å². The number of aryl methyl sites for hydroxylation is 1. The second kappa shape index (κ2) is 6.69. The fraction of sp³-hybridized carbons (Fsp3) is 0.214. The first-order valence-corrected chi connectivity index (χ1v) is 9.59. The molecule has 0 aliphatic carbocycles. The van der Waals surface area contributed by atoms with Crippen LogP contribution in [0, 0.1) is 0 Å². The first-order valence-electron chi connectivity index (χ1n) is 6.16. The summed E-state index contributed by atoms with van der Waals surface area (Å²) >= 11 is 10.8. The number of hydrogen-bond donors (Lipinski definition) is 0. The van der Waals surface area contributed by atoms with Crippen molar-refractivity contribution in [2.24, 2.45) is 0 Å². The standard InChI is InChI=1S/C14H13Cl2O4P/c1-19-14(17)7-3-10-2-4-12-9-13(20-21(15,16)18)6-5-11(12)8-10/h2,4-6,8-9H,3,7H2,1H3. The molecule has 0 amide bonds. The number of esters is 1. The number of carbonyl (C=O) groups is 1. The van der Waals surface area contributed by atoms with E-state index in [1.165, 1.54) is 7.11 Å². The third kappa shape index (κ3) is 4.92. The molecule has 0 aromatic heterocycles. The molecule has 0 N–H and O–H groups in total. The van der Waals surface area contributed by atoms with Gasteiger partial charge in [0.05, 0.1) is 7.11 Å². The normalized spacial score (nSPS) is 11.4. The van der Waals surface area contributed by atoms with Gasteiger partial charge in [-0.25, -0.2) is 4.57 Å². The Labute approximate surface area is 132 Å². The van der Waals surface area contributed by atoms with Crippen molar-refractivity contribution in [3.05, 3.63) is 42.0 Å². The second-order valence-electron chi connectivity index (χ2n) is 4.43. The van der Waals surface area contributed by atoms with Crippen LogP contribution in [-0.2, 0) is 20.5 Å².